The fourth-order valence-electron chi connectivity index (χ4n) is 3.81. The summed E-state index contributed by atoms with van der Waals surface area (Å²) in [5.41, 5.74) is 2.71. The van der Waals surface area contributed by atoms with Gasteiger partial charge in [0.05, 0.1) is 15.5 Å². The van der Waals surface area contributed by atoms with Crippen LogP contribution in [0, 0.1) is 13.8 Å². The number of rotatable bonds is 8. The predicted molar refractivity (Wildman–Crippen MR) is 130 cm³/mol. The molecule has 1 saturated heterocycles. The molecule has 2 aromatic carbocycles. The molecule has 6 nitrogen and oxygen atoms in total. The van der Waals surface area contributed by atoms with Crippen molar-refractivity contribution in [1.29, 1.82) is 0 Å². The van der Waals surface area contributed by atoms with E-state index in [9.17, 15) is 13.2 Å². The monoisotopic (exact) mass is 477 g/mol. The lowest BCUT2D eigenvalue weighted by molar-refractivity contribution is 0.0910. The van der Waals surface area contributed by atoms with E-state index in [0.717, 1.165) is 43.6 Å². The van der Waals surface area contributed by atoms with Crippen LogP contribution in [0.15, 0.2) is 41.3 Å². The summed E-state index contributed by atoms with van der Waals surface area (Å²) in [6, 6.07) is 9.64. The smallest absolute Gasteiger partial charge is 0.261 e. The number of carbonyl (C=O) groups excluding carboxylic acids is 1. The number of piperidine rings is 1. The van der Waals surface area contributed by atoms with Crippen molar-refractivity contribution in [3.63, 3.8) is 0 Å². The van der Waals surface area contributed by atoms with Gasteiger partial charge in [-0.15, -0.1) is 0 Å². The Balaban J connectivity index is 1.69. The highest BCUT2D eigenvalue weighted by Crippen LogP contribution is 2.24. The summed E-state index contributed by atoms with van der Waals surface area (Å²) in [5.74, 6) is -0.342. The molecular weight excluding hydrogens is 446 g/mol. The SMILES string of the molecule is CCCCN1CCC(NC(=O)c2cc(S(=O)(=O)Nc3ccc(C)c(C)c3)ccc2Cl)CC1. The third kappa shape index (κ3) is 6.24. The molecule has 1 aliphatic rings. The van der Waals surface area contributed by atoms with Crippen molar-refractivity contribution in [1.82, 2.24) is 10.2 Å². The molecule has 1 fully saturated rings. The summed E-state index contributed by atoms with van der Waals surface area (Å²) in [6.45, 7) is 9.07. The minimum absolute atomic E-state index is 0.000312. The molecule has 1 amide bonds. The summed E-state index contributed by atoms with van der Waals surface area (Å²) in [6.07, 6.45) is 4.11. The standard InChI is InChI=1S/C24H32ClN3O3S/c1-4-5-12-28-13-10-19(11-14-28)26-24(29)22-16-21(8-9-23(22)25)32(30,31)27-20-7-6-17(2)18(3)15-20/h6-9,15-16,19,27H,4-5,10-14H2,1-3H3,(H,26,29). The molecule has 0 atom stereocenters. The van der Waals surface area contributed by atoms with E-state index >= 15 is 0 Å². The molecule has 0 spiro atoms. The van der Waals surface area contributed by atoms with Gasteiger partial charge in [-0.1, -0.05) is 31.0 Å². The van der Waals surface area contributed by atoms with Crippen LogP contribution in [-0.4, -0.2) is 44.9 Å². The Morgan fingerprint density at radius 1 is 1.09 bits per heavy atom. The van der Waals surface area contributed by atoms with Crippen molar-refractivity contribution in [3.05, 3.63) is 58.1 Å². The number of carbonyl (C=O) groups is 1. The highest BCUT2D eigenvalue weighted by molar-refractivity contribution is 7.92. The maximum Gasteiger partial charge on any atom is 0.261 e. The molecule has 1 heterocycles. The number of halogens is 1. The molecule has 0 radical (unpaired) electrons. The number of unbranched alkanes of at least 4 members (excludes halogenated alkanes) is 1. The van der Waals surface area contributed by atoms with Gasteiger partial charge >= 0.3 is 0 Å². The van der Waals surface area contributed by atoms with E-state index in [2.05, 4.69) is 21.9 Å². The average molecular weight is 478 g/mol. The summed E-state index contributed by atoms with van der Waals surface area (Å²) in [4.78, 5) is 15.3. The number of likely N-dealkylation sites (tertiary alicyclic amines) is 1. The molecule has 0 aliphatic carbocycles. The van der Waals surface area contributed by atoms with Gasteiger partial charge in [0.2, 0.25) is 0 Å². The lowest BCUT2D eigenvalue weighted by atomic mass is 10.0. The molecule has 0 aromatic heterocycles. The molecular formula is C24H32ClN3O3S. The first-order valence-corrected chi connectivity index (χ1v) is 13.0. The Kier molecular flexibility index (Phi) is 8.20. The lowest BCUT2D eigenvalue weighted by Gasteiger charge is -2.32. The Morgan fingerprint density at radius 2 is 1.81 bits per heavy atom. The highest BCUT2D eigenvalue weighted by atomic mass is 35.5. The summed E-state index contributed by atoms with van der Waals surface area (Å²) in [7, 11) is -3.86. The molecule has 1 aliphatic heterocycles. The van der Waals surface area contributed by atoms with Gasteiger partial charge in [-0.25, -0.2) is 8.42 Å². The minimum atomic E-state index is -3.86. The van der Waals surface area contributed by atoms with Crippen LogP contribution < -0.4 is 10.0 Å². The number of sulfonamides is 1. The molecule has 32 heavy (non-hydrogen) atoms. The molecule has 8 heteroatoms. The van der Waals surface area contributed by atoms with Crippen LogP contribution in [0.3, 0.4) is 0 Å². The first kappa shape index (κ1) is 24.6. The molecule has 0 unspecified atom stereocenters. The van der Waals surface area contributed by atoms with Crippen molar-refractivity contribution < 1.29 is 13.2 Å². The molecule has 3 rings (SSSR count). The maximum atomic E-state index is 12.9. The van der Waals surface area contributed by atoms with Gasteiger partial charge < -0.3 is 10.2 Å². The summed E-state index contributed by atoms with van der Waals surface area (Å²) < 4.78 is 28.4. The summed E-state index contributed by atoms with van der Waals surface area (Å²) in [5, 5.41) is 3.26. The quantitative estimate of drug-likeness (QED) is 0.575. The molecule has 174 valence electrons. The van der Waals surface area contributed by atoms with Crippen molar-refractivity contribution in [3.8, 4) is 0 Å². The van der Waals surface area contributed by atoms with E-state index in [1.807, 2.05) is 19.9 Å². The summed E-state index contributed by atoms with van der Waals surface area (Å²) >= 11 is 6.25. The Labute approximate surface area is 196 Å². The second kappa shape index (κ2) is 10.7. The van der Waals surface area contributed by atoms with Crippen LogP contribution in [-0.2, 0) is 10.0 Å². The number of hydrogen-bond acceptors (Lipinski definition) is 4. The van der Waals surface area contributed by atoms with Gasteiger partial charge in [-0.3, -0.25) is 9.52 Å². The van der Waals surface area contributed by atoms with Crippen molar-refractivity contribution in [2.45, 2.75) is 57.4 Å². The molecule has 2 N–H and O–H groups in total. The minimum Gasteiger partial charge on any atom is -0.349 e. The highest BCUT2D eigenvalue weighted by Gasteiger charge is 2.23. The van der Waals surface area contributed by atoms with Gasteiger partial charge in [0.15, 0.2) is 0 Å². The van der Waals surface area contributed by atoms with Crippen molar-refractivity contribution in [2.24, 2.45) is 0 Å². The van der Waals surface area contributed by atoms with E-state index in [1.54, 1.807) is 12.1 Å². The Morgan fingerprint density at radius 3 is 2.47 bits per heavy atom. The third-order valence-electron chi connectivity index (χ3n) is 6.00. The van der Waals surface area contributed by atoms with E-state index < -0.39 is 10.0 Å². The number of aryl methyl sites for hydroxylation is 2. The molecule has 0 saturated carbocycles. The van der Waals surface area contributed by atoms with Crippen LogP contribution in [0.5, 0.6) is 0 Å². The van der Waals surface area contributed by atoms with Crippen molar-refractivity contribution >= 4 is 33.2 Å². The number of nitrogens with zero attached hydrogens (tertiary/aromatic N) is 1. The lowest BCUT2D eigenvalue weighted by Crippen LogP contribution is -2.44. The fraction of sp³-hybridized carbons (Fsp3) is 0.458. The third-order valence-corrected chi connectivity index (χ3v) is 7.71. The molecule has 0 bridgehead atoms. The van der Waals surface area contributed by atoms with Crippen LogP contribution in [0.2, 0.25) is 5.02 Å². The number of hydrogen-bond donors (Lipinski definition) is 2. The van der Waals surface area contributed by atoms with Crippen LogP contribution in [0.1, 0.15) is 54.1 Å². The molecule has 2 aromatic rings. The largest absolute Gasteiger partial charge is 0.349 e. The first-order valence-electron chi connectivity index (χ1n) is 11.1. The van der Waals surface area contributed by atoms with Gasteiger partial charge in [0, 0.05) is 24.8 Å². The predicted octanol–water partition coefficient (Wildman–Crippen LogP) is 4.75. The van der Waals surface area contributed by atoms with Crippen LogP contribution in [0.4, 0.5) is 5.69 Å². The normalized spacial score (nSPS) is 15.5. The number of benzene rings is 2. The van der Waals surface area contributed by atoms with E-state index in [0.29, 0.717) is 5.69 Å². The number of anilines is 1. The second-order valence-corrected chi connectivity index (χ2v) is 10.6. The van der Waals surface area contributed by atoms with Gasteiger partial charge in [-0.2, -0.15) is 0 Å². The number of nitrogens with one attached hydrogen (secondary N) is 2. The zero-order valence-electron chi connectivity index (χ0n) is 18.9. The van der Waals surface area contributed by atoms with E-state index in [-0.39, 0.29) is 27.4 Å². The van der Waals surface area contributed by atoms with Gasteiger partial charge in [0.1, 0.15) is 0 Å². The second-order valence-electron chi connectivity index (χ2n) is 8.49. The van der Waals surface area contributed by atoms with E-state index in [4.69, 9.17) is 11.6 Å². The number of amides is 1. The zero-order chi connectivity index (χ0) is 23.3. The maximum absolute atomic E-state index is 12.9. The van der Waals surface area contributed by atoms with Crippen LogP contribution in [0.25, 0.3) is 0 Å². The van der Waals surface area contributed by atoms with E-state index in [1.165, 1.54) is 31.0 Å². The van der Waals surface area contributed by atoms with Crippen molar-refractivity contribution in [2.75, 3.05) is 24.4 Å². The Bertz CT molecular complexity index is 1060. The van der Waals surface area contributed by atoms with Gasteiger partial charge in [-0.05, 0) is 81.1 Å². The average Bonchev–Trinajstić information content (AvgIpc) is 2.75. The Hall–Kier alpha value is -2.09. The topological polar surface area (TPSA) is 78.5 Å². The zero-order valence-corrected chi connectivity index (χ0v) is 20.5. The fourth-order valence-corrected chi connectivity index (χ4v) is 5.09. The van der Waals surface area contributed by atoms with Crippen LogP contribution >= 0.6 is 11.6 Å². The van der Waals surface area contributed by atoms with Gasteiger partial charge in [0.25, 0.3) is 15.9 Å². The first-order chi connectivity index (χ1) is 15.2.